The number of thiazole rings is 1. The van der Waals surface area contributed by atoms with Gasteiger partial charge in [-0.1, -0.05) is 13.3 Å². The average Bonchev–Trinajstić information content (AvgIpc) is 3.05. The maximum Gasteiger partial charge on any atom is 0.107 e. The predicted molar refractivity (Wildman–Crippen MR) is 70.0 cm³/mol. The molecule has 1 aromatic rings. The minimum absolute atomic E-state index is 0.537. The van der Waals surface area contributed by atoms with Crippen LogP contribution in [0.3, 0.4) is 0 Å². The van der Waals surface area contributed by atoms with Gasteiger partial charge in [0.05, 0.1) is 18.1 Å². The molecule has 0 aromatic carbocycles. The summed E-state index contributed by atoms with van der Waals surface area (Å²) in [6.45, 7) is 4.49. The zero-order chi connectivity index (χ0) is 11.4. The van der Waals surface area contributed by atoms with Crippen molar-refractivity contribution in [2.75, 3.05) is 6.54 Å². The zero-order valence-corrected chi connectivity index (χ0v) is 11.4. The Kier molecular flexibility index (Phi) is 4.62. The van der Waals surface area contributed by atoms with E-state index < -0.39 is 0 Å². The van der Waals surface area contributed by atoms with Gasteiger partial charge in [0.1, 0.15) is 5.01 Å². The molecule has 1 aromatic heterocycles. The van der Waals surface area contributed by atoms with Gasteiger partial charge in [-0.25, -0.2) is 4.98 Å². The van der Waals surface area contributed by atoms with Crippen molar-refractivity contribution in [1.29, 1.82) is 0 Å². The van der Waals surface area contributed by atoms with Gasteiger partial charge in [0.15, 0.2) is 0 Å². The van der Waals surface area contributed by atoms with Crippen LogP contribution in [0.1, 0.15) is 43.3 Å². The molecule has 0 atom stereocenters. The van der Waals surface area contributed by atoms with Gasteiger partial charge in [-0.05, 0) is 25.8 Å². The summed E-state index contributed by atoms with van der Waals surface area (Å²) in [5.41, 5.74) is 1.02. The summed E-state index contributed by atoms with van der Waals surface area (Å²) in [6.07, 6.45) is 5.31. The van der Waals surface area contributed by atoms with Crippen LogP contribution >= 0.6 is 22.9 Å². The molecule has 16 heavy (non-hydrogen) atoms. The number of halogens is 1. The lowest BCUT2D eigenvalue weighted by Gasteiger charge is -2.20. The number of hydrogen-bond donors (Lipinski definition) is 0. The van der Waals surface area contributed by atoms with Crippen LogP contribution in [0.2, 0.25) is 0 Å². The molecule has 0 saturated heterocycles. The summed E-state index contributed by atoms with van der Waals surface area (Å²) in [5, 5.41) is 3.30. The molecule has 1 fully saturated rings. The van der Waals surface area contributed by atoms with E-state index in [2.05, 4.69) is 22.2 Å². The second-order valence-corrected chi connectivity index (χ2v) is 5.63. The van der Waals surface area contributed by atoms with E-state index in [9.17, 15) is 0 Å². The van der Waals surface area contributed by atoms with E-state index in [1.54, 1.807) is 11.3 Å². The fraction of sp³-hybridized carbons (Fsp3) is 0.750. The minimum Gasteiger partial charge on any atom is -0.294 e. The second-order valence-electron chi connectivity index (χ2n) is 4.42. The van der Waals surface area contributed by atoms with Crippen LogP contribution in [-0.4, -0.2) is 22.5 Å². The van der Waals surface area contributed by atoms with Crippen molar-refractivity contribution in [3.8, 4) is 0 Å². The van der Waals surface area contributed by atoms with Crippen LogP contribution in [0, 0.1) is 0 Å². The highest BCUT2D eigenvalue weighted by Gasteiger charge is 2.28. The standard InChI is InChI=1S/C12H19ClN2S/c1-2-3-6-15(11-4-5-11)8-12-14-10(7-13)9-16-12/h9,11H,2-8H2,1H3. The zero-order valence-electron chi connectivity index (χ0n) is 9.79. The van der Waals surface area contributed by atoms with E-state index in [1.807, 2.05) is 0 Å². The van der Waals surface area contributed by atoms with Gasteiger partial charge < -0.3 is 0 Å². The van der Waals surface area contributed by atoms with Gasteiger partial charge >= 0.3 is 0 Å². The normalized spacial score (nSPS) is 15.9. The van der Waals surface area contributed by atoms with Crippen molar-refractivity contribution in [3.05, 3.63) is 16.1 Å². The third kappa shape index (κ3) is 3.44. The van der Waals surface area contributed by atoms with Crippen LogP contribution in [0.4, 0.5) is 0 Å². The highest BCUT2D eigenvalue weighted by atomic mass is 35.5. The van der Waals surface area contributed by atoms with Gasteiger partial charge in [-0.2, -0.15) is 0 Å². The van der Waals surface area contributed by atoms with Gasteiger partial charge in [0.25, 0.3) is 0 Å². The lowest BCUT2D eigenvalue weighted by atomic mass is 10.3. The van der Waals surface area contributed by atoms with Crippen LogP contribution in [0.15, 0.2) is 5.38 Å². The highest BCUT2D eigenvalue weighted by molar-refractivity contribution is 7.09. The third-order valence-corrected chi connectivity index (χ3v) is 4.09. The molecule has 0 radical (unpaired) electrons. The monoisotopic (exact) mass is 258 g/mol. The van der Waals surface area contributed by atoms with E-state index in [4.69, 9.17) is 11.6 Å². The molecule has 0 aliphatic heterocycles. The summed E-state index contributed by atoms with van der Waals surface area (Å²) >= 11 is 7.51. The van der Waals surface area contributed by atoms with Crippen molar-refractivity contribution in [1.82, 2.24) is 9.88 Å². The van der Waals surface area contributed by atoms with Crippen LogP contribution < -0.4 is 0 Å². The summed E-state index contributed by atoms with van der Waals surface area (Å²) < 4.78 is 0. The molecule has 0 bridgehead atoms. The summed E-state index contributed by atoms with van der Waals surface area (Å²) in [6, 6.07) is 0.829. The van der Waals surface area contributed by atoms with E-state index in [0.29, 0.717) is 5.88 Å². The fourth-order valence-electron chi connectivity index (χ4n) is 1.85. The van der Waals surface area contributed by atoms with E-state index in [0.717, 1.165) is 18.3 Å². The SMILES string of the molecule is CCCCN(Cc1nc(CCl)cs1)C1CC1. The minimum atomic E-state index is 0.537. The summed E-state index contributed by atoms with van der Waals surface area (Å²) in [4.78, 5) is 7.12. The molecular weight excluding hydrogens is 240 g/mol. The molecular formula is C12H19ClN2S. The largest absolute Gasteiger partial charge is 0.294 e. The Morgan fingerprint density at radius 1 is 1.56 bits per heavy atom. The average molecular weight is 259 g/mol. The quantitative estimate of drug-likeness (QED) is 0.694. The molecule has 1 heterocycles. The first-order valence-corrected chi connectivity index (χ1v) is 7.48. The van der Waals surface area contributed by atoms with E-state index in [-0.39, 0.29) is 0 Å². The highest BCUT2D eigenvalue weighted by Crippen LogP contribution is 2.29. The second kappa shape index (κ2) is 5.99. The van der Waals surface area contributed by atoms with Gasteiger partial charge in [-0.3, -0.25) is 4.90 Å². The van der Waals surface area contributed by atoms with Gasteiger partial charge in [0, 0.05) is 11.4 Å². The Morgan fingerprint density at radius 2 is 2.38 bits per heavy atom. The van der Waals surface area contributed by atoms with E-state index >= 15 is 0 Å². The van der Waals surface area contributed by atoms with Crippen LogP contribution in [-0.2, 0) is 12.4 Å². The number of aromatic nitrogens is 1. The lowest BCUT2D eigenvalue weighted by Crippen LogP contribution is -2.26. The Labute approximate surface area is 107 Å². The molecule has 90 valence electrons. The fourth-order valence-corrected chi connectivity index (χ4v) is 2.90. The first-order chi connectivity index (χ1) is 7.83. The van der Waals surface area contributed by atoms with Crippen molar-refractivity contribution in [3.63, 3.8) is 0 Å². The molecule has 0 N–H and O–H groups in total. The maximum absolute atomic E-state index is 5.77. The van der Waals surface area contributed by atoms with Crippen molar-refractivity contribution >= 4 is 22.9 Å². The maximum atomic E-state index is 5.77. The summed E-state index contributed by atoms with van der Waals surface area (Å²) in [7, 11) is 0. The Hall–Kier alpha value is -0.120. The third-order valence-electron chi connectivity index (χ3n) is 2.94. The predicted octanol–water partition coefficient (Wildman–Crippen LogP) is 3.65. The molecule has 2 nitrogen and oxygen atoms in total. The van der Waals surface area contributed by atoms with Crippen LogP contribution in [0.5, 0.6) is 0 Å². The molecule has 1 saturated carbocycles. The number of nitrogens with zero attached hydrogens (tertiary/aromatic N) is 2. The number of alkyl halides is 1. The molecule has 4 heteroatoms. The summed E-state index contributed by atoms with van der Waals surface area (Å²) in [5.74, 6) is 0.537. The lowest BCUT2D eigenvalue weighted by molar-refractivity contribution is 0.250. The first-order valence-electron chi connectivity index (χ1n) is 6.06. The number of hydrogen-bond acceptors (Lipinski definition) is 3. The Bertz CT molecular complexity index is 323. The smallest absolute Gasteiger partial charge is 0.107 e. The molecule has 0 amide bonds. The Morgan fingerprint density at radius 3 is 2.94 bits per heavy atom. The number of unbranched alkanes of at least 4 members (excludes halogenated alkanes) is 1. The van der Waals surface area contributed by atoms with Gasteiger partial charge in [-0.15, -0.1) is 22.9 Å². The van der Waals surface area contributed by atoms with Crippen molar-refractivity contribution < 1.29 is 0 Å². The molecule has 0 unspecified atom stereocenters. The van der Waals surface area contributed by atoms with Crippen molar-refractivity contribution in [2.45, 2.75) is 51.1 Å². The molecule has 0 spiro atoms. The van der Waals surface area contributed by atoms with Gasteiger partial charge in [0.2, 0.25) is 0 Å². The van der Waals surface area contributed by atoms with Crippen LogP contribution in [0.25, 0.3) is 0 Å². The Balaban J connectivity index is 1.88. The topological polar surface area (TPSA) is 16.1 Å². The molecule has 1 aliphatic rings. The van der Waals surface area contributed by atoms with Crippen molar-refractivity contribution in [2.24, 2.45) is 0 Å². The number of rotatable bonds is 7. The molecule has 2 rings (SSSR count). The first kappa shape index (κ1) is 12.3. The molecule has 1 aliphatic carbocycles. The van der Waals surface area contributed by atoms with E-state index in [1.165, 1.54) is 37.2 Å².